The van der Waals surface area contributed by atoms with Crippen LogP contribution >= 0.6 is 0 Å². The topological polar surface area (TPSA) is 65.7 Å². The van der Waals surface area contributed by atoms with Gasteiger partial charge >= 0.3 is 5.97 Å². The molecular weight excluding hydrogens is 404 g/mol. The van der Waals surface area contributed by atoms with Crippen LogP contribution in [0.4, 0.5) is 0 Å². The quantitative estimate of drug-likeness (QED) is 0.310. The van der Waals surface area contributed by atoms with E-state index < -0.39 is 0 Å². The molecule has 0 amide bonds. The van der Waals surface area contributed by atoms with Gasteiger partial charge in [0.1, 0.15) is 23.3 Å². The molecule has 1 aromatic heterocycles. The van der Waals surface area contributed by atoms with Gasteiger partial charge in [-0.2, -0.15) is 0 Å². The number of hydrogen-bond acceptors (Lipinski definition) is 5. The molecule has 3 aromatic carbocycles. The largest absolute Gasteiger partial charge is 0.491 e. The van der Waals surface area contributed by atoms with Crippen LogP contribution in [0.3, 0.4) is 0 Å². The van der Waals surface area contributed by atoms with E-state index in [4.69, 9.17) is 13.9 Å². The Morgan fingerprint density at radius 3 is 2.41 bits per heavy atom. The minimum Gasteiger partial charge on any atom is -0.491 e. The highest BCUT2D eigenvalue weighted by Crippen LogP contribution is 2.43. The van der Waals surface area contributed by atoms with Crippen molar-refractivity contribution in [1.29, 1.82) is 0 Å². The van der Waals surface area contributed by atoms with Crippen molar-refractivity contribution in [2.75, 3.05) is 0 Å². The summed E-state index contributed by atoms with van der Waals surface area (Å²) in [6.45, 7) is 3.94. The first kappa shape index (κ1) is 20.1. The van der Waals surface area contributed by atoms with Crippen LogP contribution < -0.4 is 14.9 Å². The zero-order valence-electron chi connectivity index (χ0n) is 17.8. The summed E-state index contributed by atoms with van der Waals surface area (Å²) in [5, 5.41) is 0.466. The average molecular weight is 426 g/mol. The molecule has 0 radical (unpaired) electrons. The maximum absolute atomic E-state index is 13.3. The van der Waals surface area contributed by atoms with Gasteiger partial charge in [-0.05, 0) is 49.2 Å². The van der Waals surface area contributed by atoms with Crippen LogP contribution in [-0.4, -0.2) is 12.1 Å². The minimum atomic E-state index is -0.312. The maximum Gasteiger partial charge on any atom is 0.312 e. The van der Waals surface area contributed by atoms with E-state index in [0.717, 1.165) is 22.4 Å². The first-order valence-corrected chi connectivity index (χ1v) is 10.6. The summed E-state index contributed by atoms with van der Waals surface area (Å²) in [7, 11) is 0. The highest BCUT2D eigenvalue weighted by molar-refractivity contribution is 5.90. The number of hydrogen-bond donors (Lipinski definition) is 0. The van der Waals surface area contributed by atoms with Crippen LogP contribution in [0.15, 0.2) is 82.2 Å². The third-order valence-electron chi connectivity index (χ3n) is 5.62. The smallest absolute Gasteiger partial charge is 0.312 e. The fourth-order valence-electron chi connectivity index (χ4n) is 4.21. The summed E-state index contributed by atoms with van der Waals surface area (Å²) in [4.78, 5) is 25.6. The number of carbonyl (C=O) groups excluding carboxylic acids is 1. The molecule has 5 heteroatoms. The fraction of sp³-hybridized carbons (Fsp3) is 0.185. The fourth-order valence-corrected chi connectivity index (χ4v) is 4.21. The molecule has 4 aromatic rings. The first-order valence-electron chi connectivity index (χ1n) is 10.6. The summed E-state index contributed by atoms with van der Waals surface area (Å²) in [6, 6.07) is 20.4. The van der Waals surface area contributed by atoms with Gasteiger partial charge in [0.2, 0.25) is 5.43 Å². The monoisotopic (exact) mass is 426 g/mol. The Labute approximate surface area is 185 Å². The number of benzene rings is 3. The van der Waals surface area contributed by atoms with Gasteiger partial charge in [0.15, 0.2) is 0 Å². The molecular formula is C27H22O5. The molecule has 5 nitrogen and oxygen atoms in total. The summed E-state index contributed by atoms with van der Waals surface area (Å²) in [6.07, 6.45) is 1.73. The lowest BCUT2D eigenvalue weighted by Gasteiger charge is -2.25. The second kappa shape index (κ2) is 8.00. The van der Waals surface area contributed by atoms with E-state index in [9.17, 15) is 9.59 Å². The van der Waals surface area contributed by atoms with Gasteiger partial charge < -0.3 is 13.9 Å². The van der Waals surface area contributed by atoms with Gasteiger partial charge in [-0.15, -0.1) is 0 Å². The Morgan fingerprint density at radius 1 is 0.938 bits per heavy atom. The van der Waals surface area contributed by atoms with Gasteiger partial charge in [0, 0.05) is 11.5 Å². The Bertz CT molecular complexity index is 1350. The molecule has 0 aliphatic carbocycles. The van der Waals surface area contributed by atoms with Crippen LogP contribution in [-0.2, 0) is 4.79 Å². The standard InChI is InChI=1S/C27H22O5/c1-16(2)31-19-10-8-18(9-11-19)21-14-24(28)32-23-13-12-20-26(29)22(15-30-27(20)25(21)23)17-6-4-3-5-7-17/h3-13,15-16,21H,14H2,1-2H3/t21-/m0/s1. The summed E-state index contributed by atoms with van der Waals surface area (Å²) in [5.41, 5.74) is 3.28. The van der Waals surface area contributed by atoms with E-state index in [2.05, 4.69) is 0 Å². The summed E-state index contributed by atoms with van der Waals surface area (Å²) < 4.78 is 17.3. The Morgan fingerprint density at radius 2 is 1.69 bits per heavy atom. The molecule has 1 aliphatic rings. The van der Waals surface area contributed by atoms with Gasteiger partial charge in [-0.25, -0.2) is 0 Å². The van der Waals surface area contributed by atoms with Crippen molar-refractivity contribution >= 4 is 16.9 Å². The van der Waals surface area contributed by atoms with Crippen LogP contribution in [0, 0.1) is 0 Å². The lowest BCUT2D eigenvalue weighted by Crippen LogP contribution is -2.22. The van der Waals surface area contributed by atoms with Crippen molar-refractivity contribution in [1.82, 2.24) is 0 Å². The van der Waals surface area contributed by atoms with Crippen LogP contribution in [0.1, 0.15) is 37.3 Å². The minimum absolute atomic E-state index is 0.0725. The van der Waals surface area contributed by atoms with Gasteiger partial charge in [-0.3, -0.25) is 9.59 Å². The summed E-state index contributed by atoms with van der Waals surface area (Å²) >= 11 is 0. The van der Waals surface area contributed by atoms with Crippen molar-refractivity contribution in [2.24, 2.45) is 0 Å². The molecule has 1 atom stereocenters. The molecule has 160 valence electrons. The molecule has 0 unspecified atom stereocenters. The number of carbonyl (C=O) groups is 1. The van der Waals surface area contributed by atoms with Crippen LogP contribution in [0.25, 0.3) is 22.1 Å². The van der Waals surface area contributed by atoms with E-state index >= 15 is 0 Å². The predicted octanol–water partition coefficient (Wildman–Crippen LogP) is 5.69. The zero-order valence-corrected chi connectivity index (χ0v) is 17.8. The van der Waals surface area contributed by atoms with E-state index in [0.29, 0.717) is 22.3 Å². The molecule has 0 saturated heterocycles. The highest BCUT2D eigenvalue weighted by Gasteiger charge is 2.32. The zero-order chi connectivity index (χ0) is 22.2. The first-order chi connectivity index (χ1) is 15.5. The molecule has 0 N–H and O–H groups in total. The molecule has 0 bridgehead atoms. The molecule has 1 aliphatic heterocycles. The third-order valence-corrected chi connectivity index (χ3v) is 5.62. The SMILES string of the molecule is CC(C)Oc1ccc([C@@H]2CC(=O)Oc3ccc4c(=O)c(-c5ccccc5)coc4c32)cc1. The van der Waals surface area contributed by atoms with E-state index in [-0.39, 0.29) is 29.8 Å². The van der Waals surface area contributed by atoms with Gasteiger partial charge in [-0.1, -0.05) is 42.5 Å². The van der Waals surface area contributed by atoms with E-state index in [1.54, 1.807) is 12.1 Å². The predicted molar refractivity (Wildman–Crippen MR) is 122 cm³/mol. The van der Waals surface area contributed by atoms with Crippen LogP contribution in [0.5, 0.6) is 11.5 Å². The Kier molecular flexibility index (Phi) is 5.02. The Balaban J connectivity index is 1.65. The normalized spacial score (nSPS) is 15.5. The van der Waals surface area contributed by atoms with Crippen molar-refractivity contribution in [2.45, 2.75) is 32.3 Å². The third kappa shape index (κ3) is 3.56. The number of rotatable bonds is 4. The number of esters is 1. The molecule has 5 rings (SSSR count). The number of ether oxygens (including phenoxy) is 2. The van der Waals surface area contributed by atoms with Crippen molar-refractivity contribution in [3.63, 3.8) is 0 Å². The lowest BCUT2D eigenvalue weighted by molar-refractivity contribution is -0.135. The van der Waals surface area contributed by atoms with E-state index in [1.807, 2.05) is 68.4 Å². The maximum atomic E-state index is 13.3. The van der Waals surface area contributed by atoms with Gasteiger partial charge in [0.25, 0.3) is 0 Å². The average Bonchev–Trinajstić information content (AvgIpc) is 2.79. The molecule has 0 fully saturated rings. The van der Waals surface area contributed by atoms with Crippen molar-refractivity contribution < 1.29 is 18.7 Å². The van der Waals surface area contributed by atoms with Gasteiger partial charge in [0.05, 0.1) is 23.5 Å². The number of fused-ring (bicyclic) bond motifs is 3. The van der Waals surface area contributed by atoms with E-state index in [1.165, 1.54) is 6.26 Å². The second-order valence-corrected chi connectivity index (χ2v) is 8.17. The van der Waals surface area contributed by atoms with Crippen molar-refractivity contribution in [3.8, 4) is 22.6 Å². The molecule has 0 saturated carbocycles. The molecule has 32 heavy (non-hydrogen) atoms. The lowest BCUT2D eigenvalue weighted by atomic mass is 9.85. The van der Waals surface area contributed by atoms with Crippen molar-refractivity contribution in [3.05, 3.63) is 94.3 Å². The van der Waals surface area contributed by atoms with Crippen LogP contribution in [0.2, 0.25) is 0 Å². The second-order valence-electron chi connectivity index (χ2n) is 8.17. The summed E-state index contributed by atoms with van der Waals surface area (Å²) in [5.74, 6) is 0.595. The Hall–Kier alpha value is -3.86. The highest BCUT2D eigenvalue weighted by atomic mass is 16.5. The molecule has 0 spiro atoms. The molecule has 2 heterocycles.